The molecule has 1 saturated carbocycles. The Balaban J connectivity index is 1.66. The number of imide groups is 1. The van der Waals surface area contributed by atoms with Gasteiger partial charge in [0, 0.05) is 0 Å². The van der Waals surface area contributed by atoms with Crippen LogP contribution in [0.15, 0.2) is 24.3 Å². The maximum atomic E-state index is 13.2. The van der Waals surface area contributed by atoms with Crippen molar-refractivity contribution in [1.29, 1.82) is 0 Å². The van der Waals surface area contributed by atoms with Gasteiger partial charge in [0.25, 0.3) is 5.91 Å². The van der Waals surface area contributed by atoms with Gasteiger partial charge in [-0.1, -0.05) is 59.7 Å². The largest absolute Gasteiger partial charge is 0.491 e. The molecule has 2 aliphatic rings. The van der Waals surface area contributed by atoms with Gasteiger partial charge in [-0.05, 0) is 47.6 Å². The van der Waals surface area contributed by atoms with Crippen molar-refractivity contribution >= 4 is 11.9 Å². The number of carbonyl (C=O) groups excluding carboxylic acids is 2. The van der Waals surface area contributed by atoms with E-state index in [2.05, 4.69) is 46.9 Å². The first-order valence-electron chi connectivity index (χ1n) is 10.9. The molecule has 3 atom stereocenters. The Morgan fingerprint density at radius 2 is 1.90 bits per heavy atom. The van der Waals surface area contributed by atoms with Crippen LogP contribution in [0, 0.1) is 11.3 Å². The molecule has 2 N–H and O–H groups in total. The molecule has 1 aliphatic carbocycles. The van der Waals surface area contributed by atoms with Crippen molar-refractivity contribution in [1.82, 2.24) is 10.2 Å². The van der Waals surface area contributed by atoms with Crippen LogP contribution in [0.2, 0.25) is 0 Å². The number of carbonyl (C=O) groups is 2. The second kappa shape index (κ2) is 7.88. The number of hydrogen-bond acceptors (Lipinski definition) is 4. The quantitative estimate of drug-likeness (QED) is 0.715. The third kappa shape index (κ3) is 4.64. The Kier molecular flexibility index (Phi) is 5.93. The van der Waals surface area contributed by atoms with Gasteiger partial charge in [0.05, 0.1) is 6.54 Å². The van der Waals surface area contributed by atoms with Crippen LogP contribution >= 0.6 is 0 Å². The number of para-hydroxylation sites is 1. The first kappa shape index (κ1) is 22.6. The molecule has 1 aliphatic heterocycles. The minimum absolute atomic E-state index is 0.0129. The molecule has 1 aromatic rings. The van der Waals surface area contributed by atoms with E-state index in [0.717, 1.165) is 16.9 Å². The zero-order valence-corrected chi connectivity index (χ0v) is 19.1. The minimum Gasteiger partial charge on any atom is -0.491 e. The molecule has 0 radical (unpaired) electrons. The Hall–Kier alpha value is -2.08. The molecule has 166 valence electrons. The molecule has 1 saturated heterocycles. The molecule has 1 aromatic carbocycles. The second-order valence-corrected chi connectivity index (χ2v) is 11.0. The third-order valence-corrected chi connectivity index (χ3v) is 6.14. The number of nitrogens with one attached hydrogen (secondary N) is 1. The van der Waals surface area contributed by atoms with Gasteiger partial charge in [-0.2, -0.15) is 0 Å². The third-order valence-electron chi connectivity index (χ3n) is 6.14. The zero-order valence-electron chi connectivity index (χ0n) is 19.1. The van der Waals surface area contributed by atoms with Crippen molar-refractivity contribution in [2.24, 2.45) is 11.3 Å². The lowest BCUT2D eigenvalue weighted by atomic mass is 9.64. The molecule has 6 heteroatoms. The predicted octanol–water partition coefficient (Wildman–Crippen LogP) is 3.86. The highest BCUT2D eigenvalue weighted by Gasteiger charge is 2.56. The highest BCUT2D eigenvalue weighted by atomic mass is 16.5. The summed E-state index contributed by atoms with van der Waals surface area (Å²) in [5, 5.41) is 13.5. The zero-order chi connectivity index (χ0) is 22.3. The number of β-amino-alcohol motifs (C(OH)–C–C–N with tert-alkyl or cyclic N) is 1. The molecule has 3 rings (SSSR count). The molecule has 1 heterocycles. The minimum atomic E-state index is -0.961. The molecule has 0 aromatic heterocycles. The lowest BCUT2D eigenvalue weighted by Crippen LogP contribution is -2.54. The van der Waals surface area contributed by atoms with Crippen LogP contribution in [-0.4, -0.2) is 46.7 Å². The van der Waals surface area contributed by atoms with Crippen molar-refractivity contribution in [2.75, 3.05) is 13.2 Å². The van der Waals surface area contributed by atoms with Crippen molar-refractivity contribution in [2.45, 2.75) is 77.9 Å². The van der Waals surface area contributed by atoms with Crippen LogP contribution in [0.3, 0.4) is 0 Å². The standard InChI is InChI=1S/C24H36N2O4/c1-16-11-23(5,6)15-24(12-16)20(28)26(21(29)25-24)13-17(27)14-30-19-10-8-7-9-18(19)22(2,3)4/h7-10,16-17,27H,11-15H2,1-6H3,(H,25,29). The average molecular weight is 417 g/mol. The molecule has 2 fully saturated rings. The summed E-state index contributed by atoms with van der Waals surface area (Å²) in [6.07, 6.45) is 1.33. The van der Waals surface area contributed by atoms with E-state index in [1.807, 2.05) is 24.3 Å². The maximum absolute atomic E-state index is 13.2. The van der Waals surface area contributed by atoms with Crippen LogP contribution in [0.5, 0.6) is 5.75 Å². The smallest absolute Gasteiger partial charge is 0.325 e. The van der Waals surface area contributed by atoms with E-state index in [9.17, 15) is 14.7 Å². The molecule has 3 unspecified atom stereocenters. The topological polar surface area (TPSA) is 78.9 Å². The van der Waals surface area contributed by atoms with Gasteiger partial charge in [0.2, 0.25) is 0 Å². The summed E-state index contributed by atoms with van der Waals surface area (Å²) in [4.78, 5) is 27.0. The Morgan fingerprint density at radius 3 is 2.53 bits per heavy atom. The van der Waals surface area contributed by atoms with E-state index in [4.69, 9.17) is 4.74 Å². The Bertz CT molecular complexity index is 814. The highest BCUT2D eigenvalue weighted by molar-refractivity contribution is 6.07. The summed E-state index contributed by atoms with van der Waals surface area (Å²) in [6, 6.07) is 7.32. The lowest BCUT2D eigenvalue weighted by Gasteiger charge is -2.43. The van der Waals surface area contributed by atoms with E-state index in [-0.39, 0.29) is 29.9 Å². The lowest BCUT2D eigenvalue weighted by molar-refractivity contribution is -0.135. The summed E-state index contributed by atoms with van der Waals surface area (Å²) in [5.41, 5.74) is 0.0835. The summed E-state index contributed by atoms with van der Waals surface area (Å²) >= 11 is 0. The van der Waals surface area contributed by atoms with Crippen LogP contribution in [0.4, 0.5) is 4.79 Å². The van der Waals surface area contributed by atoms with E-state index < -0.39 is 17.7 Å². The number of urea groups is 1. The van der Waals surface area contributed by atoms with Crippen molar-refractivity contribution in [3.05, 3.63) is 29.8 Å². The number of benzene rings is 1. The monoisotopic (exact) mass is 416 g/mol. The van der Waals surface area contributed by atoms with E-state index in [1.165, 1.54) is 0 Å². The van der Waals surface area contributed by atoms with Gasteiger partial charge in [-0.15, -0.1) is 0 Å². The molecule has 6 nitrogen and oxygen atoms in total. The van der Waals surface area contributed by atoms with Crippen LogP contribution in [0.25, 0.3) is 0 Å². The normalized spacial score (nSPS) is 27.3. The SMILES string of the molecule is CC1CC(C)(C)CC2(C1)NC(=O)N(CC(O)COc1ccccc1C(C)(C)C)C2=O. The number of amides is 3. The Labute approximate surface area is 180 Å². The first-order valence-corrected chi connectivity index (χ1v) is 10.9. The number of hydrogen-bond donors (Lipinski definition) is 2. The van der Waals surface area contributed by atoms with Gasteiger partial charge in [0.15, 0.2) is 0 Å². The van der Waals surface area contributed by atoms with E-state index in [0.29, 0.717) is 24.5 Å². The summed E-state index contributed by atoms with van der Waals surface area (Å²) < 4.78 is 5.87. The number of rotatable bonds is 5. The Morgan fingerprint density at radius 1 is 1.23 bits per heavy atom. The summed E-state index contributed by atoms with van der Waals surface area (Å²) in [7, 11) is 0. The number of aliphatic hydroxyl groups excluding tert-OH is 1. The number of ether oxygens (including phenoxy) is 1. The highest BCUT2D eigenvalue weighted by Crippen LogP contribution is 2.46. The average Bonchev–Trinajstić information content (AvgIpc) is 2.81. The predicted molar refractivity (Wildman–Crippen MR) is 116 cm³/mol. The molecule has 3 amide bonds. The van der Waals surface area contributed by atoms with Gasteiger partial charge in [0.1, 0.15) is 24.0 Å². The first-order chi connectivity index (χ1) is 13.8. The van der Waals surface area contributed by atoms with Gasteiger partial charge in [-0.25, -0.2) is 4.79 Å². The van der Waals surface area contributed by atoms with Crippen molar-refractivity contribution < 1.29 is 19.4 Å². The van der Waals surface area contributed by atoms with Crippen LogP contribution in [0.1, 0.15) is 66.4 Å². The van der Waals surface area contributed by atoms with E-state index in [1.54, 1.807) is 0 Å². The fraction of sp³-hybridized carbons (Fsp3) is 0.667. The van der Waals surface area contributed by atoms with Crippen molar-refractivity contribution in [3.63, 3.8) is 0 Å². The van der Waals surface area contributed by atoms with E-state index >= 15 is 0 Å². The van der Waals surface area contributed by atoms with Crippen molar-refractivity contribution in [3.8, 4) is 5.75 Å². The maximum Gasteiger partial charge on any atom is 0.325 e. The summed E-state index contributed by atoms with van der Waals surface area (Å²) in [6.45, 7) is 12.7. The fourth-order valence-electron chi connectivity index (χ4n) is 5.33. The molecule has 30 heavy (non-hydrogen) atoms. The van der Waals surface area contributed by atoms with Gasteiger partial charge in [-0.3, -0.25) is 9.69 Å². The number of nitrogens with zero attached hydrogens (tertiary/aromatic N) is 1. The van der Waals surface area contributed by atoms with Gasteiger partial charge < -0.3 is 15.2 Å². The van der Waals surface area contributed by atoms with Crippen LogP contribution in [-0.2, 0) is 10.2 Å². The van der Waals surface area contributed by atoms with Crippen LogP contribution < -0.4 is 10.1 Å². The molecule has 0 bridgehead atoms. The molecular weight excluding hydrogens is 380 g/mol. The second-order valence-electron chi connectivity index (χ2n) is 11.0. The molecular formula is C24H36N2O4. The summed E-state index contributed by atoms with van der Waals surface area (Å²) in [5.74, 6) is 0.835. The fourth-order valence-corrected chi connectivity index (χ4v) is 5.33. The van der Waals surface area contributed by atoms with Gasteiger partial charge >= 0.3 is 6.03 Å². The molecule has 1 spiro atoms. The number of aliphatic hydroxyl groups is 1.